The Labute approximate surface area is 120 Å². The van der Waals surface area contributed by atoms with E-state index in [4.69, 9.17) is 4.74 Å². The third-order valence-corrected chi connectivity index (χ3v) is 4.55. The van der Waals surface area contributed by atoms with Crippen LogP contribution >= 0.6 is 0 Å². The summed E-state index contributed by atoms with van der Waals surface area (Å²) < 4.78 is 5.66. The number of likely N-dealkylation sites (tertiary alicyclic amines) is 1. The third-order valence-electron chi connectivity index (χ3n) is 4.55. The molecule has 2 saturated heterocycles. The maximum atomic E-state index is 12.2. The Morgan fingerprint density at radius 3 is 2.70 bits per heavy atom. The van der Waals surface area contributed by atoms with Gasteiger partial charge in [0.1, 0.15) is 6.10 Å². The molecule has 1 aromatic carbocycles. The molecule has 0 N–H and O–H groups in total. The average molecular weight is 273 g/mol. The molecule has 2 aliphatic heterocycles. The van der Waals surface area contributed by atoms with Crippen molar-refractivity contribution in [3.8, 4) is 0 Å². The highest BCUT2D eigenvalue weighted by Crippen LogP contribution is 2.26. The molecule has 3 heteroatoms. The Morgan fingerprint density at radius 2 is 2.05 bits per heavy atom. The highest BCUT2D eigenvalue weighted by Gasteiger charge is 2.37. The summed E-state index contributed by atoms with van der Waals surface area (Å²) in [5.41, 5.74) is 2.76. The maximum Gasteiger partial charge on any atom is 0.251 e. The Morgan fingerprint density at radius 1 is 1.30 bits per heavy atom. The molecule has 0 saturated carbocycles. The SMILES string of the molecule is Cc1ccccc1CC1CN(C(=O)C2CCC(C)O2)C1. The number of ether oxygens (including phenoxy) is 1. The Hall–Kier alpha value is -1.35. The van der Waals surface area contributed by atoms with Crippen LogP contribution in [0.1, 0.15) is 30.9 Å². The number of nitrogens with zero attached hydrogens (tertiary/aromatic N) is 1. The van der Waals surface area contributed by atoms with E-state index in [9.17, 15) is 4.79 Å². The molecule has 3 nitrogen and oxygen atoms in total. The number of amides is 1. The van der Waals surface area contributed by atoms with Crippen LogP contribution in [0, 0.1) is 12.8 Å². The molecule has 0 spiro atoms. The average Bonchev–Trinajstić information content (AvgIpc) is 2.81. The minimum absolute atomic E-state index is 0.176. The molecular weight excluding hydrogens is 250 g/mol. The van der Waals surface area contributed by atoms with Gasteiger partial charge in [-0.2, -0.15) is 0 Å². The second kappa shape index (κ2) is 5.57. The third kappa shape index (κ3) is 2.73. The van der Waals surface area contributed by atoms with Gasteiger partial charge in [-0.15, -0.1) is 0 Å². The molecule has 0 radical (unpaired) electrons. The lowest BCUT2D eigenvalue weighted by Crippen LogP contribution is -2.54. The van der Waals surface area contributed by atoms with E-state index >= 15 is 0 Å². The van der Waals surface area contributed by atoms with Crippen LogP contribution in [-0.4, -0.2) is 36.1 Å². The molecule has 20 heavy (non-hydrogen) atoms. The van der Waals surface area contributed by atoms with Crippen molar-refractivity contribution in [3.63, 3.8) is 0 Å². The fraction of sp³-hybridized carbons (Fsp3) is 0.588. The van der Waals surface area contributed by atoms with E-state index in [2.05, 4.69) is 31.2 Å². The molecule has 2 atom stereocenters. The summed E-state index contributed by atoms with van der Waals surface area (Å²) in [5.74, 6) is 0.814. The lowest BCUT2D eigenvalue weighted by molar-refractivity contribution is -0.149. The molecule has 0 bridgehead atoms. The van der Waals surface area contributed by atoms with Gasteiger partial charge >= 0.3 is 0 Å². The van der Waals surface area contributed by atoms with Gasteiger partial charge in [0.15, 0.2) is 0 Å². The number of carbonyl (C=O) groups excluding carboxylic acids is 1. The van der Waals surface area contributed by atoms with E-state index in [1.54, 1.807) is 0 Å². The van der Waals surface area contributed by atoms with Crippen LogP contribution in [0.3, 0.4) is 0 Å². The van der Waals surface area contributed by atoms with Gasteiger partial charge < -0.3 is 9.64 Å². The first kappa shape index (κ1) is 13.6. The largest absolute Gasteiger partial charge is 0.365 e. The number of rotatable bonds is 3. The quantitative estimate of drug-likeness (QED) is 0.847. The predicted octanol–water partition coefficient (Wildman–Crippen LogP) is 2.56. The molecule has 2 heterocycles. The Bertz CT molecular complexity index is 494. The monoisotopic (exact) mass is 273 g/mol. The molecule has 3 rings (SSSR count). The lowest BCUT2D eigenvalue weighted by atomic mass is 9.90. The van der Waals surface area contributed by atoms with Gasteiger partial charge in [0.2, 0.25) is 0 Å². The van der Waals surface area contributed by atoms with Crippen molar-refractivity contribution in [1.29, 1.82) is 0 Å². The predicted molar refractivity (Wildman–Crippen MR) is 78.5 cm³/mol. The number of hydrogen-bond donors (Lipinski definition) is 0. The summed E-state index contributed by atoms with van der Waals surface area (Å²) in [6.07, 6.45) is 3.05. The topological polar surface area (TPSA) is 29.5 Å². The number of hydrogen-bond acceptors (Lipinski definition) is 2. The van der Waals surface area contributed by atoms with Crippen LogP contribution < -0.4 is 0 Å². The van der Waals surface area contributed by atoms with Crippen LogP contribution in [0.5, 0.6) is 0 Å². The first-order chi connectivity index (χ1) is 9.63. The van der Waals surface area contributed by atoms with Gasteiger partial charge in [0.25, 0.3) is 5.91 Å². The number of benzene rings is 1. The van der Waals surface area contributed by atoms with Crippen LogP contribution in [0.15, 0.2) is 24.3 Å². The van der Waals surface area contributed by atoms with Gasteiger partial charge in [-0.3, -0.25) is 4.79 Å². The van der Waals surface area contributed by atoms with Crippen LogP contribution in [0.25, 0.3) is 0 Å². The minimum atomic E-state index is -0.176. The summed E-state index contributed by atoms with van der Waals surface area (Å²) in [7, 11) is 0. The highest BCUT2D eigenvalue weighted by molar-refractivity contribution is 5.82. The molecular formula is C17H23NO2. The summed E-state index contributed by atoms with van der Waals surface area (Å²) in [5, 5.41) is 0. The Balaban J connectivity index is 1.49. The second-order valence-corrected chi connectivity index (χ2v) is 6.25. The summed E-state index contributed by atoms with van der Waals surface area (Å²) >= 11 is 0. The van der Waals surface area contributed by atoms with Crippen molar-refractivity contribution in [2.75, 3.05) is 13.1 Å². The van der Waals surface area contributed by atoms with Gasteiger partial charge in [-0.1, -0.05) is 24.3 Å². The minimum Gasteiger partial charge on any atom is -0.365 e. The normalized spacial score (nSPS) is 26.6. The number of carbonyl (C=O) groups is 1. The molecule has 2 unspecified atom stereocenters. The molecule has 0 aromatic heterocycles. The van der Waals surface area contributed by atoms with E-state index in [1.807, 2.05) is 11.8 Å². The zero-order valence-corrected chi connectivity index (χ0v) is 12.3. The van der Waals surface area contributed by atoms with Crippen LogP contribution in [-0.2, 0) is 16.0 Å². The molecule has 1 amide bonds. The van der Waals surface area contributed by atoms with Crippen molar-refractivity contribution < 1.29 is 9.53 Å². The molecule has 0 aliphatic carbocycles. The van der Waals surface area contributed by atoms with Crippen molar-refractivity contribution in [1.82, 2.24) is 4.90 Å². The van der Waals surface area contributed by atoms with Crippen molar-refractivity contribution in [2.45, 2.75) is 45.3 Å². The van der Waals surface area contributed by atoms with Crippen molar-refractivity contribution >= 4 is 5.91 Å². The number of aryl methyl sites for hydroxylation is 1. The second-order valence-electron chi connectivity index (χ2n) is 6.25. The smallest absolute Gasteiger partial charge is 0.251 e. The summed E-state index contributed by atoms with van der Waals surface area (Å²) in [6, 6.07) is 8.53. The van der Waals surface area contributed by atoms with Gasteiger partial charge in [0.05, 0.1) is 6.10 Å². The zero-order valence-electron chi connectivity index (χ0n) is 12.3. The molecule has 108 valence electrons. The summed E-state index contributed by atoms with van der Waals surface area (Å²) in [4.78, 5) is 14.2. The summed E-state index contributed by atoms with van der Waals surface area (Å²) in [6.45, 7) is 5.98. The Kier molecular flexibility index (Phi) is 3.79. The standard InChI is InChI=1S/C17H23NO2/c1-12-5-3-4-6-15(12)9-14-10-18(11-14)17(19)16-8-7-13(2)20-16/h3-6,13-14,16H,7-11H2,1-2H3. The zero-order chi connectivity index (χ0) is 14.1. The van der Waals surface area contributed by atoms with Crippen LogP contribution in [0.2, 0.25) is 0 Å². The van der Waals surface area contributed by atoms with Gasteiger partial charge in [-0.05, 0) is 50.2 Å². The highest BCUT2D eigenvalue weighted by atomic mass is 16.5. The van der Waals surface area contributed by atoms with E-state index in [-0.39, 0.29) is 18.1 Å². The van der Waals surface area contributed by atoms with Crippen LogP contribution in [0.4, 0.5) is 0 Å². The maximum absolute atomic E-state index is 12.2. The van der Waals surface area contributed by atoms with Crippen molar-refractivity contribution in [2.24, 2.45) is 5.92 Å². The van der Waals surface area contributed by atoms with E-state index in [1.165, 1.54) is 11.1 Å². The van der Waals surface area contributed by atoms with E-state index in [0.717, 1.165) is 32.4 Å². The molecule has 1 aromatic rings. The van der Waals surface area contributed by atoms with Gasteiger partial charge in [-0.25, -0.2) is 0 Å². The molecule has 2 fully saturated rings. The fourth-order valence-corrected chi connectivity index (χ4v) is 3.22. The van der Waals surface area contributed by atoms with Crippen molar-refractivity contribution in [3.05, 3.63) is 35.4 Å². The first-order valence-electron chi connectivity index (χ1n) is 7.62. The van der Waals surface area contributed by atoms with E-state index < -0.39 is 0 Å². The fourth-order valence-electron chi connectivity index (χ4n) is 3.22. The molecule has 2 aliphatic rings. The van der Waals surface area contributed by atoms with Gasteiger partial charge in [0, 0.05) is 13.1 Å². The lowest BCUT2D eigenvalue weighted by Gasteiger charge is -2.40. The first-order valence-corrected chi connectivity index (χ1v) is 7.62. The van der Waals surface area contributed by atoms with E-state index in [0.29, 0.717) is 5.92 Å².